The van der Waals surface area contributed by atoms with Gasteiger partial charge in [-0.3, -0.25) is 9.52 Å². The highest BCUT2D eigenvalue weighted by molar-refractivity contribution is 7.92. The molecule has 10 heteroatoms. The van der Waals surface area contributed by atoms with Crippen LogP contribution in [0.3, 0.4) is 0 Å². The Morgan fingerprint density at radius 1 is 1.08 bits per heavy atom. The van der Waals surface area contributed by atoms with Gasteiger partial charge < -0.3 is 4.90 Å². The molecular formula is C16H14Cl3N3O3S. The van der Waals surface area contributed by atoms with E-state index in [0.29, 0.717) is 18.1 Å². The van der Waals surface area contributed by atoms with Gasteiger partial charge in [-0.2, -0.15) is 0 Å². The summed E-state index contributed by atoms with van der Waals surface area (Å²) in [5.74, 6) is -0.275. The number of hydrogen-bond donors (Lipinski definition) is 1. The van der Waals surface area contributed by atoms with Gasteiger partial charge in [-0.15, -0.1) is 0 Å². The monoisotopic (exact) mass is 433 g/mol. The third kappa shape index (κ3) is 4.06. The molecule has 1 saturated heterocycles. The first-order valence-corrected chi connectivity index (χ1v) is 10.3. The number of nitrogens with zero attached hydrogens (tertiary/aromatic N) is 2. The van der Waals surface area contributed by atoms with Crippen LogP contribution in [0.5, 0.6) is 0 Å². The lowest BCUT2D eigenvalue weighted by atomic mass is 10.1. The second-order valence-electron chi connectivity index (χ2n) is 5.72. The van der Waals surface area contributed by atoms with E-state index < -0.39 is 10.0 Å². The van der Waals surface area contributed by atoms with Gasteiger partial charge in [-0.25, -0.2) is 13.4 Å². The van der Waals surface area contributed by atoms with Crippen molar-refractivity contribution < 1.29 is 13.2 Å². The third-order valence-corrected chi connectivity index (χ3v) is 6.16. The number of hydrogen-bond acceptors (Lipinski definition) is 4. The Morgan fingerprint density at radius 2 is 1.77 bits per heavy atom. The minimum atomic E-state index is -4.07. The molecular weight excluding hydrogens is 421 g/mol. The zero-order chi connectivity index (χ0) is 18.9. The smallest absolute Gasteiger partial charge is 0.264 e. The zero-order valence-electron chi connectivity index (χ0n) is 13.4. The molecule has 26 heavy (non-hydrogen) atoms. The fraction of sp³-hybridized carbons (Fsp3) is 0.250. The molecule has 0 aliphatic carbocycles. The van der Waals surface area contributed by atoms with Gasteiger partial charge in [0.1, 0.15) is 10.0 Å². The lowest BCUT2D eigenvalue weighted by Crippen LogP contribution is -2.29. The maximum atomic E-state index is 12.7. The van der Waals surface area contributed by atoms with Crippen molar-refractivity contribution >= 4 is 56.4 Å². The summed E-state index contributed by atoms with van der Waals surface area (Å²) in [5.41, 5.74) is 0.304. The number of sulfonamides is 1. The molecule has 1 N–H and O–H groups in total. The molecule has 0 atom stereocenters. The van der Waals surface area contributed by atoms with Gasteiger partial charge >= 0.3 is 0 Å². The van der Waals surface area contributed by atoms with Gasteiger partial charge in [0.25, 0.3) is 15.9 Å². The van der Waals surface area contributed by atoms with Crippen LogP contribution in [0.15, 0.2) is 35.2 Å². The topological polar surface area (TPSA) is 79.4 Å². The maximum Gasteiger partial charge on any atom is 0.264 e. The Morgan fingerprint density at radius 3 is 2.42 bits per heavy atom. The summed E-state index contributed by atoms with van der Waals surface area (Å²) in [6.45, 7) is 1.26. The molecule has 2 aromatic rings. The Hall–Kier alpha value is -1.54. The van der Waals surface area contributed by atoms with E-state index >= 15 is 0 Å². The highest BCUT2D eigenvalue weighted by atomic mass is 35.5. The van der Waals surface area contributed by atoms with Gasteiger partial charge in [0.2, 0.25) is 0 Å². The van der Waals surface area contributed by atoms with Crippen molar-refractivity contribution in [3.05, 3.63) is 51.2 Å². The van der Waals surface area contributed by atoms with Crippen LogP contribution in [0.2, 0.25) is 15.3 Å². The SMILES string of the molecule is O=C(c1cc(Cl)ccc1NS(=O)(=O)c1ccc(Cl)nc1Cl)N1CCCC1. The number of anilines is 1. The molecule has 0 saturated carbocycles. The van der Waals surface area contributed by atoms with Gasteiger partial charge in [0.15, 0.2) is 5.15 Å². The predicted octanol–water partition coefficient (Wildman–Crippen LogP) is 4.08. The van der Waals surface area contributed by atoms with Crippen molar-refractivity contribution in [2.75, 3.05) is 17.8 Å². The lowest BCUT2D eigenvalue weighted by molar-refractivity contribution is 0.0794. The minimum Gasteiger partial charge on any atom is -0.339 e. The average Bonchev–Trinajstić information content (AvgIpc) is 3.09. The van der Waals surface area contributed by atoms with E-state index in [2.05, 4.69) is 9.71 Å². The number of aromatic nitrogens is 1. The second-order valence-corrected chi connectivity index (χ2v) is 8.55. The predicted molar refractivity (Wildman–Crippen MR) is 102 cm³/mol. The number of rotatable bonds is 4. The number of carbonyl (C=O) groups excluding carboxylic acids is 1. The first-order chi connectivity index (χ1) is 12.3. The van der Waals surface area contributed by atoms with E-state index in [1.807, 2.05) is 0 Å². The average molecular weight is 435 g/mol. The molecule has 0 bridgehead atoms. The van der Waals surface area contributed by atoms with Crippen LogP contribution in [0.4, 0.5) is 5.69 Å². The summed E-state index contributed by atoms with van der Waals surface area (Å²) in [6, 6.07) is 6.96. The Balaban J connectivity index is 1.97. The summed E-state index contributed by atoms with van der Waals surface area (Å²) in [5, 5.41) is 0.151. The summed E-state index contributed by atoms with van der Waals surface area (Å²) >= 11 is 17.6. The molecule has 1 aliphatic rings. The first kappa shape index (κ1) is 19.2. The molecule has 1 fully saturated rings. The molecule has 138 valence electrons. The molecule has 1 aromatic carbocycles. The van der Waals surface area contributed by atoms with E-state index in [0.717, 1.165) is 12.8 Å². The molecule has 0 radical (unpaired) electrons. The highest BCUT2D eigenvalue weighted by Gasteiger charge is 2.26. The van der Waals surface area contributed by atoms with Crippen molar-refractivity contribution in [3.63, 3.8) is 0 Å². The largest absolute Gasteiger partial charge is 0.339 e. The van der Waals surface area contributed by atoms with Crippen LogP contribution in [0, 0.1) is 0 Å². The number of benzene rings is 1. The molecule has 6 nitrogen and oxygen atoms in total. The number of amides is 1. The number of pyridine rings is 1. The van der Waals surface area contributed by atoms with E-state index in [-0.39, 0.29) is 32.4 Å². The van der Waals surface area contributed by atoms with Crippen molar-refractivity contribution in [3.8, 4) is 0 Å². The van der Waals surface area contributed by atoms with Crippen LogP contribution in [0.25, 0.3) is 0 Å². The normalized spacial score (nSPS) is 14.5. The van der Waals surface area contributed by atoms with Crippen molar-refractivity contribution in [2.24, 2.45) is 0 Å². The van der Waals surface area contributed by atoms with Crippen molar-refractivity contribution in [1.29, 1.82) is 0 Å². The van der Waals surface area contributed by atoms with Gasteiger partial charge in [-0.1, -0.05) is 34.8 Å². The number of nitrogens with one attached hydrogen (secondary N) is 1. The van der Waals surface area contributed by atoms with Crippen LogP contribution in [-0.4, -0.2) is 37.3 Å². The van der Waals surface area contributed by atoms with Crippen LogP contribution in [0.1, 0.15) is 23.2 Å². The van der Waals surface area contributed by atoms with Gasteiger partial charge in [-0.05, 0) is 43.2 Å². The molecule has 0 unspecified atom stereocenters. The number of halogens is 3. The molecule has 1 aromatic heterocycles. The van der Waals surface area contributed by atoms with E-state index in [1.54, 1.807) is 4.90 Å². The molecule has 3 rings (SSSR count). The van der Waals surface area contributed by atoms with E-state index in [9.17, 15) is 13.2 Å². The molecule has 1 amide bonds. The summed E-state index contributed by atoms with van der Waals surface area (Å²) < 4.78 is 27.8. The number of carbonyl (C=O) groups is 1. The summed E-state index contributed by atoms with van der Waals surface area (Å²) in [6.07, 6.45) is 1.83. The lowest BCUT2D eigenvalue weighted by Gasteiger charge is -2.19. The fourth-order valence-electron chi connectivity index (χ4n) is 2.67. The number of likely N-dealkylation sites (tertiary alicyclic amines) is 1. The van der Waals surface area contributed by atoms with Crippen LogP contribution < -0.4 is 4.72 Å². The Kier molecular flexibility index (Phi) is 5.62. The first-order valence-electron chi connectivity index (χ1n) is 7.71. The Bertz CT molecular complexity index is 960. The zero-order valence-corrected chi connectivity index (χ0v) is 16.5. The standard InChI is InChI=1S/C16H14Cl3N3O3S/c17-10-3-4-12(11(9-10)16(23)22-7-1-2-8-22)21-26(24,25)13-5-6-14(18)20-15(13)19/h3-6,9,21H,1-2,7-8H2. The fourth-order valence-corrected chi connectivity index (χ4v) is 4.59. The third-order valence-electron chi connectivity index (χ3n) is 3.92. The minimum absolute atomic E-state index is 0.0744. The van der Waals surface area contributed by atoms with Crippen LogP contribution in [-0.2, 0) is 10.0 Å². The van der Waals surface area contributed by atoms with Crippen molar-refractivity contribution in [2.45, 2.75) is 17.7 Å². The Labute approximate surface area is 166 Å². The summed E-state index contributed by atoms with van der Waals surface area (Å²) in [4.78, 5) is 17.9. The highest BCUT2D eigenvalue weighted by Crippen LogP contribution is 2.28. The quantitative estimate of drug-likeness (QED) is 0.735. The molecule has 2 heterocycles. The summed E-state index contributed by atoms with van der Waals surface area (Å²) in [7, 11) is -4.07. The van der Waals surface area contributed by atoms with Gasteiger partial charge in [0, 0.05) is 18.1 Å². The molecule has 0 spiro atoms. The van der Waals surface area contributed by atoms with E-state index in [1.165, 1.54) is 30.3 Å². The molecule has 1 aliphatic heterocycles. The second kappa shape index (κ2) is 7.60. The van der Waals surface area contributed by atoms with Crippen molar-refractivity contribution in [1.82, 2.24) is 9.88 Å². The maximum absolute atomic E-state index is 12.7. The van der Waals surface area contributed by atoms with E-state index in [4.69, 9.17) is 34.8 Å². The van der Waals surface area contributed by atoms with Crippen LogP contribution >= 0.6 is 34.8 Å². The van der Waals surface area contributed by atoms with Gasteiger partial charge in [0.05, 0.1) is 11.3 Å².